The van der Waals surface area contributed by atoms with E-state index < -0.39 is 0 Å². The van der Waals surface area contributed by atoms with E-state index in [4.69, 9.17) is 0 Å². The molecule has 114 valence electrons. The van der Waals surface area contributed by atoms with E-state index in [9.17, 15) is 0 Å². The molecule has 2 saturated heterocycles. The third-order valence-electron chi connectivity index (χ3n) is 5.32. The van der Waals surface area contributed by atoms with Crippen molar-refractivity contribution in [2.45, 2.75) is 30.5 Å². The average Bonchev–Trinajstić information content (AvgIpc) is 3.00. The van der Waals surface area contributed by atoms with Gasteiger partial charge in [0.05, 0.1) is 4.47 Å². The van der Waals surface area contributed by atoms with Crippen LogP contribution in [0.3, 0.4) is 0 Å². The van der Waals surface area contributed by atoms with Gasteiger partial charge in [0.15, 0.2) is 5.16 Å². The number of thioether (sulfide) groups is 1. The monoisotopic (exact) mass is 368 g/mol. The van der Waals surface area contributed by atoms with E-state index in [0.717, 1.165) is 46.4 Å². The molecule has 0 aromatic carbocycles. The Morgan fingerprint density at radius 1 is 1.19 bits per heavy atom. The summed E-state index contributed by atoms with van der Waals surface area (Å²) in [5.74, 6) is 3.05. The molecule has 1 aromatic heterocycles. The lowest BCUT2D eigenvalue weighted by Crippen LogP contribution is -2.59. The summed E-state index contributed by atoms with van der Waals surface area (Å²) >= 11 is 5.19. The molecule has 1 aromatic rings. The number of nitrogens with zero attached hydrogens (tertiary/aromatic N) is 4. The summed E-state index contributed by atoms with van der Waals surface area (Å²) in [6.45, 7) is 4.90. The second kappa shape index (κ2) is 5.70. The van der Waals surface area contributed by atoms with Gasteiger partial charge in [0.2, 0.25) is 0 Å². The second-order valence-electron chi connectivity index (χ2n) is 6.49. The second-order valence-corrected chi connectivity index (χ2v) is 8.12. The van der Waals surface area contributed by atoms with E-state index in [-0.39, 0.29) is 0 Å². The number of likely N-dealkylation sites (tertiary alicyclic amines) is 1. The van der Waals surface area contributed by atoms with E-state index in [0.29, 0.717) is 0 Å². The zero-order valence-electron chi connectivity index (χ0n) is 12.3. The van der Waals surface area contributed by atoms with Crippen molar-refractivity contribution in [2.24, 2.45) is 11.8 Å². The predicted octanol–water partition coefficient (Wildman–Crippen LogP) is 2.88. The lowest BCUT2D eigenvalue weighted by molar-refractivity contribution is 0.189. The summed E-state index contributed by atoms with van der Waals surface area (Å²) < 4.78 is 1.01. The summed E-state index contributed by atoms with van der Waals surface area (Å²) in [5, 5.41) is 0.854. The summed E-state index contributed by atoms with van der Waals surface area (Å²) in [7, 11) is 0. The highest BCUT2D eigenvalue weighted by Gasteiger charge is 2.42. The van der Waals surface area contributed by atoms with Crippen LogP contribution in [0.1, 0.15) is 19.3 Å². The fourth-order valence-corrected chi connectivity index (χ4v) is 4.87. The Balaban J connectivity index is 1.39. The standard InChI is InChI=1S/C15H21BrN4S/c1-21-15-17-5-13(16)14(18-15)20-8-12(9-20)19-6-10-3-2-4-11(10)7-19/h5,10-12H,2-4,6-9H2,1H3. The molecule has 2 aliphatic heterocycles. The number of anilines is 1. The highest BCUT2D eigenvalue weighted by molar-refractivity contribution is 9.10. The molecule has 0 radical (unpaired) electrons. The maximum Gasteiger partial charge on any atom is 0.189 e. The molecule has 2 unspecified atom stereocenters. The van der Waals surface area contributed by atoms with Crippen LogP contribution in [0.4, 0.5) is 5.82 Å². The topological polar surface area (TPSA) is 32.3 Å². The van der Waals surface area contributed by atoms with Crippen LogP contribution in [0.2, 0.25) is 0 Å². The largest absolute Gasteiger partial charge is 0.352 e. The Morgan fingerprint density at radius 3 is 2.57 bits per heavy atom. The van der Waals surface area contributed by atoms with Crippen molar-refractivity contribution in [3.63, 3.8) is 0 Å². The minimum atomic E-state index is 0.732. The third kappa shape index (κ3) is 2.59. The Labute approximate surface area is 138 Å². The minimum Gasteiger partial charge on any atom is -0.352 e. The number of aromatic nitrogens is 2. The molecule has 0 bridgehead atoms. The summed E-state index contributed by atoms with van der Waals surface area (Å²) in [6, 6.07) is 0.732. The molecule has 1 aliphatic carbocycles. The lowest BCUT2D eigenvalue weighted by Gasteiger charge is -2.45. The summed E-state index contributed by atoms with van der Waals surface area (Å²) in [6.07, 6.45) is 8.29. The Hall–Kier alpha value is -0.330. The van der Waals surface area contributed by atoms with Crippen molar-refractivity contribution in [3.8, 4) is 0 Å². The molecule has 0 amide bonds. The fourth-order valence-electron chi connectivity index (χ4n) is 4.09. The molecule has 21 heavy (non-hydrogen) atoms. The fraction of sp³-hybridized carbons (Fsp3) is 0.733. The predicted molar refractivity (Wildman–Crippen MR) is 89.9 cm³/mol. The molecule has 0 spiro atoms. The number of hydrogen-bond donors (Lipinski definition) is 0. The van der Waals surface area contributed by atoms with Crippen molar-refractivity contribution in [1.29, 1.82) is 0 Å². The third-order valence-corrected chi connectivity index (χ3v) is 6.44. The van der Waals surface area contributed by atoms with Crippen LogP contribution >= 0.6 is 27.7 Å². The van der Waals surface area contributed by atoms with Crippen molar-refractivity contribution in [1.82, 2.24) is 14.9 Å². The molecule has 0 N–H and O–H groups in total. The lowest BCUT2D eigenvalue weighted by atomic mass is 10.0. The molecule has 6 heteroatoms. The van der Waals surface area contributed by atoms with Gasteiger partial charge in [0.25, 0.3) is 0 Å². The first kappa shape index (κ1) is 14.3. The van der Waals surface area contributed by atoms with Gasteiger partial charge < -0.3 is 4.90 Å². The van der Waals surface area contributed by atoms with E-state index in [2.05, 4.69) is 35.7 Å². The first-order valence-electron chi connectivity index (χ1n) is 7.80. The van der Waals surface area contributed by atoms with E-state index in [1.807, 2.05) is 12.5 Å². The molecule has 3 heterocycles. The molecule has 3 fully saturated rings. The maximum absolute atomic E-state index is 4.64. The van der Waals surface area contributed by atoms with Gasteiger partial charge in [0, 0.05) is 38.4 Å². The Morgan fingerprint density at radius 2 is 1.90 bits per heavy atom. The minimum absolute atomic E-state index is 0.732. The van der Waals surface area contributed by atoms with Gasteiger partial charge in [-0.15, -0.1) is 0 Å². The zero-order chi connectivity index (χ0) is 14.4. The highest BCUT2D eigenvalue weighted by Crippen LogP contribution is 2.40. The Kier molecular flexibility index (Phi) is 3.88. The van der Waals surface area contributed by atoms with Crippen molar-refractivity contribution in [3.05, 3.63) is 10.7 Å². The van der Waals surface area contributed by atoms with Crippen molar-refractivity contribution >= 4 is 33.5 Å². The highest BCUT2D eigenvalue weighted by atomic mass is 79.9. The van der Waals surface area contributed by atoms with Crippen LogP contribution in [0.5, 0.6) is 0 Å². The van der Waals surface area contributed by atoms with Crippen LogP contribution in [0, 0.1) is 11.8 Å². The van der Waals surface area contributed by atoms with Crippen LogP contribution in [0.25, 0.3) is 0 Å². The number of hydrogen-bond acceptors (Lipinski definition) is 5. The normalized spacial score (nSPS) is 29.7. The summed E-state index contributed by atoms with van der Waals surface area (Å²) in [5.41, 5.74) is 0. The van der Waals surface area contributed by atoms with Gasteiger partial charge in [-0.2, -0.15) is 0 Å². The van der Waals surface area contributed by atoms with Gasteiger partial charge >= 0.3 is 0 Å². The molecular formula is C15H21BrN4S. The molecule has 1 saturated carbocycles. The molecular weight excluding hydrogens is 348 g/mol. The molecule has 2 atom stereocenters. The van der Waals surface area contributed by atoms with Gasteiger partial charge in [-0.1, -0.05) is 18.2 Å². The maximum atomic E-state index is 4.64. The first-order valence-corrected chi connectivity index (χ1v) is 9.82. The molecule has 3 aliphatic rings. The van der Waals surface area contributed by atoms with Crippen LogP contribution < -0.4 is 4.90 Å². The SMILES string of the molecule is CSc1ncc(Br)c(N2CC(N3CC4CCCC4C3)C2)n1. The van der Waals surface area contributed by atoms with Gasteiger partial charge in [0.1, 0.15) is 5.82 Å². The van der Waals surface area contributed by atoms with E-state index >= 15 is 0 Å². The van der Waals surface area contributed by atoms with Crippen molar-refractivity contribution in [2.75, 3.05) is 37.3 Å². The van der Waals surface area contributed by atoms with Crippen LogP contribution in [0.15, 0.2) is 15.8 Å². The molecule has 4 nitrogen and oxygen atoms in total. The molecule has 4 rings (SSSR count). The van der Waals surface area contributed by atoms with Gasteiger partial charge in [-0.05, 0) is 46.9 Å². The smallest absolute Gasteiger partial charge is 0.189 e. The average molecular weight is 369 g/mol. The van der Waals surface area contributed by atoms with Gasteiger partial charge in [-0.3, -0.25) is 4.90 Å². The first-order chi connectivity index (χ1) is 10.2. The van der Waals surface area contributed by atoms with E-state index in [1.54, 1.807) is 11.8 Å². The van der Waals surface area contributed by atoms with Crippen LogP contribution in [-0.2, 0) is 0 Å². The number of halogens is 1. The zero-order valence-corrected chi connectivity index (χ0v) is 14.7. The van der Waals surface area contributed by atoms with E-state index in [1.165, 1.54) is 32.4 Å². The Bertz CT molecular complexity index is 522. The quantitative estimate of drug-likeness (QED) is 0.604. The summed E-state index contributed by atoms with van der Waals surface area (Å²) in [4.78, 5) is 14.1. The van der Waals surface area contributed by atoms with Gasteiger partial charge in [-0.25, -0.2) is 9.97 Å². The van der Waals surface area contributed by atoms with Crippen LogP contribution in [-0.4, -0.2) is 53.3 Å². The van der Waals surface area contributed by atoms with Crippen molar-refractivity contribution < 1.29 is 0 Å². The number of rotatable bonds is 3. The number of fused-ring (bicyclic) bond motifs is 1.